The van der Waals surface area contributed by atoms with Crippen molar-refractivity contribution in [1.82, 2.24) is 0 Å². The smallest absolute Gasteiger partial charge is 0.161 e. The Morgan fingerprint density at radius 1 is 0.452 bits per heavy atom. The van der Waals surface area contributed by atoms with Crippen molar-refractivity contribution in [3.05, 3.63) is 0 Å². The van der Waals surface area contributed by atoms with Gasteiger partial charge in [-0.1, -0.05) is 83.6 Å². The Kier molecular flexibility index (Phi) is 17.1. The zero-order valence-corrected chi connectivity index (χ0v) is 29.4. The Balaban J connectivity index is 0.000000471. The normalized spacial score (nSPS) is 44.4. The van der Waals surface area contributed by atoms with Crippen molar-refractivity contribution in [1.29, 1.82) is 0 Å². The molecule has 0 aliphatic carbocycles. The Morgan fingerprint density at radius 2 is 0.786 bits per heavy atom. The molecule has 0 aromatic carbocycles. The second-order valence-corrected chi connectivity index (χ2v) is 14.2. The Morgan fingerprint density at radius 3 is 1.17 bits per heavy atom. The molecule has 252 valence electrons. The van der Waals surface area contributed by atoms with Gasteiger partial charge in [0.2, 0.25) is 0 Å². The van der Waals surface area contributed by atoms with Gasteiger partial charge in [-0.15, -0.1) is 0 Å². The highest BCUT2D eigenvalue weighted by Crippen LogP contribution is 2.41. The molecule has 3 aliphatic rings. The minimum Gasteiger partial charge on any atom is -0.350 e. The Bertz CT molecular complexity index is 724. The highest BCUT2D eigenvalue weighted by Gasteiger charge is 2.46. The van der Waals surface area contributed by atoms with E-state index in [2.05, 4.69) is 104 Å². The molecule has 6 heteroatoms. The molecular weight excluding hydrogens is 528 g/mol. The highest BCUT2D eigenvalue weighted by molar-refractivity contribution is 4.89. The number of rotatable bonds is 9. The van der Waals surface area contributed by atoms with E-state index in [4.69, 9.17) is 28.4 Å². The van der Waals surface area contributed by atoms with E-state index in [0.29, 0.717) is 53.4 Å². The summed E-state index contributed by atoms with van der Waals surface area (Å²) in [6, 6.07) is 0. The Hall–Kier alpha value is -0.240. The monoisotopic (exact) mass is 601 g/mol. The van der Waals surface area contributed by atoms with Crippen LogP contribution in [0.5, 0.6) is 0 Å². The topological polar surface area (TPSA) is 55.4 Å². The maximum Gasteiger partial charge on any atom is 0.161 e. The van der Waals surface area contributed by atoms with Crippen molar-refractivity contribution in [2.45, 2.75) is 186 Å². The van der Waals surface area contributed by atoms with Crippen molar-refractivity contribution in [2.24, 2.45) is 47.3 Å². The molecule has 0 N–H and O–H groups in total. The molecule has 0 amide bonds. The van der Waals surface area contributed by atoms with Crippen LogP contribution in [0.4, 0.5) is 0 Å². The lowest BCUT2D eigenvalue weighted by molar-refractivity contribution is -0.327. The molecule has 6 nitrogen and oxygen atoms in total. The van der Waals surface area contributed by atoms with Crippen LogP contribution in [0.15, 0.2) is 0 Å². The molecule has 3 rings (SSSR count). The maximum atomic E-state index is 6.63. The van der Waals surface area contributed by atoms with E-state index in [9.17, 15) is 0 Å². The third-order valence-electron chi connectivity index (χ3n) is 10.7. The third-order valence-corrected chi connectivity index (χ3v) is 10.7. The summed E-state index contributed by atoms with van der Waals surface area (Å²) in [7, 11) is 0. The summed E-state index contributed by atoms with van der Waals surface area (Å²) in [4.78, 5) is 0. The van der Waals surface area contributed by atoms with Crippen LogP contribution in [0.3, 0.4) is 0 Å². The first-order chi connectivity index (χ1) is 19.2. The van der Waals surface area contributed by atoms with E-state index in [1.807, 2.05) is 0 Å². The number of ether oxygens (including phenoxy) is 6. The average Bonchev–Trinajstić information content (AvgIpc) is 2.92. The molecule has 0 aromatic rings. The summed E-state index contributed by atoms with van der Waals surface area (Å²) < 4.78 is 37.2. The standard InChI is InChI=1S/C22H42O4.C13H26O2.CH4/c1-10-18-14(6)13(5)16(8)22(24-18)26-20-15(7)17(9)21(23-12(3)4)25-19(20)11-2;1-7-12-10(5)9(4)11(6)13(15-12)14-8(2)3;/h12-22H,10-11H2,1-9H3;8-13H,7H2,1-6H3;1H4/t13-,14?,15+,16+,17+,18+,19+,20-,21?,22?;9-,10?,11+,12+,13?;/m00./s1. The van der Waals surface area contributed by atoms with E-state index in [0.717, 1.165) is 19.3 Å². The molecule has 0 bridgehead atoms. The van der Waals surface area contributed by atoms with Gasteiger partial charge < -0.3 is 28.4 Å². The number of hydrogen-bond acceptors (Lipinski definition) is 6. The summed E-state index contributed by atoms with van der Waals surface area (Å²) in [5, 5.41) is 0. The zero-order valence-electron chi connectivity index (χ0n) is 29.4. The molecule has 3 fully saturated rings. The van der Waals surface area contributed by atoms with Gasteiger partial charge in [-0.3, -0.25) is 0 Å². The molecule has 0 aromatic heterocycles. The highest BCUT2D eigenvalue weighted by atomic mass is 16.7. The fourth-order valence-corrected chi connectivity index (χ4v) is 6.87. The van der Waals surface area contributed by atoms with Crippen LogP contribution in [0.1, 0.15) is 131 Å². The first-order valence-electron chi connectivity index (χ1n) is 17.1. The van der Waals surface area contributed by atoms with Crippen LogP contribution >= 0.6 is 0 Å². The minimum atomic E-state index is -0.151. The van der Waals surface area contributed by atoms with Crippen LogP contribution in [0.2, 0.25) is 0 Å². The molecule has 5 unspecified atom stereocenters. The average molecular weight is 601 g/mol. The summed E-state index contributed by atoms with van der Waals surface area (Å²) >= 11 is 0. The van der Waals surface area contributed by atoms with Gasteiger partial charge in [-0.2, -0.15) is 0 Å². The second-order valence-electron chi connectivity index (χ2n) is 14.2. The summed E-state index contributed by atoms with van der Waals surface area (Å²) in [6.07, 6.45) is 3.87. The Labute approximate surface area is 261 Å². The molecule has 3 saturated heterocycles. The third kappa shape index (κ3) is 9.88. The lowest BCUT2D eigenvalue weighted by Crippen LogP contribution is -2.55. The van der Waals surface area contributed by atoms with Crippen molar-refractivity contribution in [3.8, 4) is 0 Å². The van der Waals surface area contributed by atoms with E-state index in [1.54, 1.807) is 0 Å². The van der Waals surface area contributed by atoms with Gasteiger partial charge in [0.25, 0.3) is 0 Å². The lowest BCUT2D eigenvalue weighted by Gasteiger charge is -2.49. The van der Waals surface area contributed by atoms with Gasteiger partial charge in [-0.05, 0) is 76.5 Å². The van der Waals surface area contributed by atoms with E-state index in [1.165, 1.54) is 0 Å². The predicted molar refractivity (Wildman–Crippen MR) is 174 cm³/mol. The lowest BCUT2D eigenvalue weighted by atomic mass is 9.78. The van der Waals surface area contributed by atoms with Crippen LogP contribution in [0, 0.1) is 47.3 Å². The van der Waals surface area contributed by atoms with Crippen molar-refractivity contribution < 1.29 is 28.4 Å². The van der Waals surface area contributed by atoms with Crippen molar-refractivity contribution >= 4 is 0 Å². The van der Waals surface area contributed by atoms with Gasteiger partial charge >= 0.3 is 0 Å². The predicted octanol–water partition coefficient (Wildman–Crippen LogP) is 9.34. The largest absolute Gasteiger partial charge is 0.350 e. The van der Waals surface area contributed by atoms with Gasteiger partial charge in [0.15, 0.2) is 18.9 Å². The van der Waals surface area contributed by atoms with Gasteiger partial charge in [0.05, 0.1) is 36.6 Å². The number of hydrogen-bond donors (Lipinski definition) is 0. The molecule has 3 aliphatic heterocycles. The fourth-order valence-electron chi connectivity index (χ4n) is 6.87. The molecule has 0 saturated carbocycles. The quantitative estimate of drug-likeness (QED) is 0.263. The van der Waals surface area contributed by atoms with Crippen LogP contribution in [-0.2, 0) is 28.4 Å². The minimum absolute atomic E-state index is 0. The van der Waals surface area contributed by atoms with Crippen molar-refractivity contribution in [3.63, 3.8) is 0 Å². The zero-order chi connectivity index (χ0) is 31.2. The fraction of sp³-hybridized carbons (Fsp3) is 1.00. The van der Waals surface area contributed by atoms with Crippen LogP contribution < -0.4 is 0 Å². The molecule has 0 radical (unpaired) electrons. The summed E-state index contributed by atoms with van der Waals surface area (Å²) in [5.41, 5.74) is 0. The van der Waals surface area contributed by atoms with Crippen molar-refractivity contribution in [2.75, 3.05) is 0 Å². The molecule has 15 atom stereocenters. The van der Waals surface area contributed by atoms with Crippen LogP contribution in [-0.4, -0.2) is 55.5 Å². The molecular formula is C36H72O6. The van der Waals surface area contributed by atoms with E-state index < -0.39 is 0 Å². The van der Waals surface area contributed by atoms with E-state index >= 15 is 0 Å². The second kappa shape index (κ2) is 18.0. The van der Waals surface area contributed by atoms with Gasteiger partial charge in [0.1, 0.15) is 0 Å². The maximum absolute atomic E-state index is 6.63. The molecule has 0 spiro atoms. The molecule has 3 heterocycles. The first kappa shape index (κ1) is 39.8. The van der Waals surface area contributed by atoms with E-state index in [-0.39, 0.29) is 56.8 Å². The molecule has 42 heavy (non-hydrogen) atoms. The summed E-state index contributed by atoms with van der Waals surface area (Å²) in [5.74, 6) is 4.00. The van der Waals surface area contributed by atoms with Gasteiger partial charge in [-0.25, -0.2) is 0 Å². The van der Waals surface area contributed by atoms with Crippen LogP contribution in [0.25, 0.3) is 0 Å². The first-order valence-corrected chi connectivity index (χ1v) is 17.1. The van der Waals surface area contributed by atoms with Gasteiger partial charge in [0, 0.05) is 17.8 Å². The SMILES string of the molecule is C.CC[C@H]1OC(OC(C)C)[C@H](C)[C@@H](C)C1C.CC[C@H]1OC(O[C@H]2[C@H](C)[C@@H](C)C(OC(C)C)O[C@@H]2CC)[C@H](C)[C@@H](C)C1C. The summed E-state index contributed by atoms with van der Waals surface area (Å²) in [6.45, 7) is 33.1.